The van der Waals surface area contributed by atoms with Crippen molar-refractivity contribution in [2.45, 2.75) is 12.8 Å². The topological polar surface area (TPSA) is 12.5 Å². The molecule has 1 heterocycles. The van der Waals surface area contributed by atoms with E-state index in [9.17, 15) is 0 Å². The number of nitrogens with zero attached hydrogens (tertiary/aromatic N) is 1. The molecular formula is C19H21NO. The first-order chi connectivity index (χ1) is 10.2. The molecule has 2 heteroatoms. The Morgan fingerprint density at radius 1 is 1.00 bits per heavy atom. The molecule has 0 aliphatic carbocycles. The average Bonchev–Trinajstić information content (AvgIpc) is 2.63. The highest BCUT2D eigenvalue weighted by Crippen LogP contribution is 2.33. The molecular weight excluding hydrogens is 258 g/mol. The summed E-state index contributed by atoms with van der Waals surface area (Å²) in [5.74, 6) is 1.96. The Kier molecular flexibility index (Phi) is 4.07. The molecule has 1 aliphatic heterocycles. The maximum Gasteiger partial charge on any atom is 0.131 e. The molecule has 0 aromatic heterocycles. The van der Waals surface area contributed by atoms with Crippen molar-refractivity contribution in [1.82, 2.24) is 4.90 Å². The van der Waals surface area contributed by atoms with Crippen molar-refractivity contribution in [2.24, 2.45) is 0 Å². The van der Waals surface area contributed by atoms with Gasteiger partial charge in [-0.25, -0.2) is 0 Å². The van der Waals surface area contributed by atoms with Gasteiger partial charge in [-0.15, -0.1) is 0 Å². The van der Waals surface area contributed by atoms with Crippen molar-refractivity contribution in [1.29, 1.82) is 0 Å². The average molecular weight is 279 g/mol. The van der Waals surface area contributed by atoms with E-state index in [1.165, 1.54) is 16.7 Å². The zero-order chi connectivity index (χ0) is 14.7. The Morgan fingerprint density at radius 2 is 1.71 bits per heavy atom. The second-order valence-electron chi connectivity index (χ2n) is 5.70. The number of hydrogen-bond donors (Lipinski definition) is 0. The largest absolute Gasteiger partial charge is 0.457 e. The van der Waals surface area contributed by atoms with E-state index in [0.717, 1.165) is 30.9 Å². The Bertz CT molecular complexity index is 658. The SMILES string of the molecule is CN(C)CCC=C1Oc2ccccc2Cc2ccccc21. The maximum absolute atomic E-state index is 6.21. The summed E-state index contributed by atoms with van der Waals surface area (Å²) < 4.78 is 6.21. The summed E-state index contributed by atoms with van der Waals surface area (Å²) in [6.07, 6.45) is 4.12. The van der Waals surface area contributed by atoms with Gasteiger partial charge in [-0.05, 0) is 43.8 Å². The minimum Gasteiger partial charge on any atom is -0.457 e. The highest BCUT2D eigenvalue weighted by Gasteiger charge is 2.17. The van der Waals surface area contributed by atoms with Gasteiger partial charge in [0.15, 0.2) is 0 Å². The molecule has 0 radical (unpaired) electrons. The lowest BCUT2D eigenvalue weighted by atomic mass is 9.99. The van der Waals surface area contributed by atoms with Crippen LogP contribution in [0.3, 0.4) is 0 Å². The van der Waals surface area contributed by atoms with Crippen LogP contribution in [0.15, 0.2) is 54.6 Å². The predicted octanol–water partition coefficient (Wildman–Crippen LogP) is 3.96. The fourth-order valence-electron chi connectivity index (χ4n) is 2.65. The predicted molar refractivity (Wildman–Crippen MR) is 87.5 cm³/mol. The van der Waals surface area contributed by atoms with Gasteiger partial charge in [0.25, 0.3) is 0 Å². The van der Waals surface area contributed by atoms with E-state index in [0.29, 0.717) is 0 Å². The van der Waals surface area contributed by atoms with E-state index in [1.54, 1.807) is 0 Å². The molecule has 0 spiro atoms. The molecule has 0 atom stereocenters. The summed E-state index contributed by atoms with van der Waals surface area (Å²) in [4.78, 5) is 2.19. The van der Waals surface area contributed by atoms with Gasteiger partial charge in [0, 0.05) is 18.5 Å². The normalized spacial score (nSPS) is 15.3. The third-order valence-corrected chi connectivity index (χ3v) is 3.76. The number of fused-ring (bicyclic) bond motifs is 2. The summed E-state index contributed by atoms with van der Waals surface area (Å²) in [5, 5.41) is 0. The third kappa shape index (κ3) is 3.17. The Labute approximate surface area is 126 Å². The van der Waals surface area contributed by atoms with Crippen LogP contribution in [0, 0.1) is 0 Å². The van der Waals surface area contributed by atoms with Gasteiger partial charge >= 0.3 is 0 Å². The molecule has 0 unspecified atom stereocenters. The minimum atomic E-state index is 0.928. The van der Waals surface area contributed by atoms with Crippen molar-refractivity contribution in [3.63, 3.8) is 0 Å². The van der Waals surface area contributed by atoms with Crippen molar-refractivity contribution >= 4 is 5.76 Å². The highest BCUT2D eigenvalue weighted by atomic mass is 16.5. The van der Waals surface area contributed by atoms with E-state index in [2.05, 4.69) is 67.5 Å². The number of hydrogen-bond acceptors (Lipinski definition) is 2. The molecule has 0 fully saturated rings. The quantitative estimate of drug-likeness (QED) is 0.843. The Hall–Kier alpha value is -2.06. The molecule has 2 aromatic rings. The van der Waals surface area contributed by atoms with Crippen LogP contribution in [-0.2, 0) is 6.42 Å². The van der Waals surface area contributed by atoms with E-state index < -0.39 is 0 Å². The highest BCUT2D eigenvalue weighted by molar-refractivity contribution is 5.68. The van der Waals surface area contributed by atoms with Gasteiger partial charge in [-0.2, -0.15) is 0 Å². The summed E-state index contributed by atoms with van der Waals surface area (Å²) in [7, 11) is 4.19. The zero-order valence-corrected chi connectivity index (χ0v) is 12.7. The lowest BCUT2D eigenvalue weighted by Gasteiger charge is -2.12. The number of para-hydroxylation sites is 1. The molecule has 21 heavy (non-hydrogen) atoms. The smallest absolute Gasteiger partial charge is 0.131 e. The fourth-order valence-corrected chi connectivity index (χ4v) is 2.65. The van der Waals surface area contributed by atoms with Crippen LogP contribution in [-0.4, -0.2) is 25.5 Å². The molecule has 0 amide bonds. The zero-order valence-electron chi connectivity index (χ0n) is 12.7. The summed E-state index contributed by atoms with van der Waals surface area (Å²) in [5.41, 5.74) is 3.80. The Morgan fingerprint density at radius 3 is 2.52 bits per heavy atom. The van der Waals surface area contributed by atoms with Gasteiger partial charge < -0.3 is 9.64 Å². The van der Waals surface area contributed by atoms with Crippen LogP contribution in [0.25, 0.3) is 5.76 Å². The number of rotatable bonds is 3. The summed E-state index contributed by atoms with van der Waals surface area (Å²) in [6.45, 7) is 1.02. The van der Waals surface area contributed by atoms with Crippen LogP contribution in [0.2, 0.25) is 0 Å². The molecule has 0 bridgehead atoms. The minimum absolute atomic E-state index is 0.928. The van der Waals surface area contributed by atoms with Crippen molar-refractivity contribution < 1.29 is 4.74 Å². The fraction of sp³-hybridized carbons (Fsp3) is 0.263. The molecule has 0 saturated carbocycles. The molecule has 2 nitrogen and oxygen atoms in total. The van der Waals surface area contributed by atoms with Gasteiger partial charge in [-0.1, -0.05) is 42.5 Å². The van der Waals surface area contributed by atoms with Crippen LogP contribution >= 0.6 is 0 Å². The molecule has 0 N–H and O–H groups in total. The van der Waals surface area contributed by atoms with Crippen molar-refractivity contribution in [3.8, 4) is 5.75 Å². The molecule has 1 aliphatic rings. The van der Waals surface area contributed by atoms with Crippen molar-refractivity contribution in [2.75, 3.05) is 20.6 Å². The first-order valence-electron chi connectivity index (χ1n) is 7.43. The van der Waals surface area contributed by atoms with Gasteiger partial charge in [0.2, 0.25) is 0 Å². The van der Waals surface area contributed by atoms with Crippen LogP contribution < -0.4 is 4.74 Å². The van der Waals surface area contributed by atoms with E-state index >= 15 is 0 Å². The standard InChI is InChI=1S/C19H21NO/c1-20(2)13-7-12-19-17-10-5-3-8-15(17)14-16-9-4-6-11-18(16)21-19/h3-6,8-12H,7,13-14H2,1-2H3. The monoisotopic (exact) mass is 279 g/mol. The van der Waals surface area contributed by atoms with Crippen molar-refractivity contribution in [3.05, 3.63) is 71.3 Å². The van der Waals surface area contributed by atoms with Crippen LogP contribution in [0.1, 0.15) is 23.1 Å². The second-order valence-corrected chi connectivity index (χ2v) is 5.70. The number of ether oxygens (including phenoxy) is 1. The van der Waals surface area contributed by atoms with E-state index in [1.807, 2.05) is 6.07 Å². The summed E-state index contributed by atoms with van der Waals surface area (Å²) in [6, 6.07) is 16.8. The first kappa shape index (κ1) is 13.9. The molecule has 108 valence electrons. The molecule has 0 saturated heterocycles. The van der Waals surface area contributed by atoms with E-state index in [4.69, 9.17) is 4.74 Å². The first-order valence-corrected chi connectivity index (χ1v) is 7.43. The lowest BCUT2D eigenvalue weighted by molar-refractivity contribution is 0.415. The molecule has 2 aromatic carbocycles. The van der Waals surface area contributed by atoms with Gasteiger partial charge in [0.05, 0.1) is 0 Å². The van der Waals surface area contributed by atoms with Gasteiger partial charge in [0.1, 0.15) is 11.5 Å². The van der Waals surface area contributed by atoms with E-state index in [-0.39, 0.29) is 0 Å². The maximum atomic E-state index is 6.21. The lowest BCUT2D eigenvalue weighted by Crippen LogP contribution is -2.12. The van der Waals surface area contributed by atoms with Gasteiger partial charge in [-0.3, -0.25) is 0 Å². The Balaban J connectivity index is 1.99. The summed E-state index contributed by atoms with van der Waals surface area (Å²) >= 11 is 0. The number of benzene rings is 2. The third-order valence-electron chi connectivity index (χ3n) is 3.76. The van der Waals surface area contributed by atoms with Crippen LogP contribution in [0.5, 0.6) is 5.75 Å². The van der Waals surface area contributed by atoms with Crippen LogP contribution in [0.4, 0.5) is 0 Å². The molecule has 3 rings (SSSR count). The second kappa shape index (κ2) is 6.15.